The Morgan fingerprint density at radius 2 is 1.15 bits per heavy atom. The van der Waals surface area contributed by atoms with E-state index in [1.165, 1.54) is 0 Å². The molecule has 5 heteroatoms. The largest absolute Gasteiger partial charge is 0.374 e. The fourth-order valence-corrected chi connectivity index (χ4v) is 3.46. The Hall–Kier alpha value is -3.01. The highest BCUT2D eigenvalue weighted by molar-refractivity contribution is 5.15. The Bertz CT molecular complexity index is 944. The first-order valence-electron chi connectivity index (χ1n) is 11.2. The van der Waals surface area contributed by atoms with Crippen LogP contribution in [0, 0.1) is 11.3 Å². The molecule has 3 unspecified atom stereocenters. The molecule has 5 nitrogen and oxygen atoms in total. The molecule has 0 N–H and O–H groups in total. The number of hydrogen-bond donors (Lipinski definition) is 0. The van der Waals surface area contributed by atoms with E-state index in [9.17, 15) is 0 Å². The van der Waals surface area contributed by atoms with E-state index in [0.29, 0.717) is 19.8 Å². The van der Waals surface area contributed by atoms with Crippen molar-refractivity contribution in [3.05, 3.63) is 108 Å². The van der Waals surface area contributed by atoms with Gasteiger partial charge in [0.25, 0.3) is 0 Å². The average Bonchev–Trinajstić information content (AvgIpc) is 2.87. The van der Waals surface area contributed by atoms with Gasteiger partial charge in [0.15, 0.2) is 0 Å². The maximum atomic E-state index is 9.11. The van der Waals surface area contributed by atoms with Crippen molar-refractivity contribution in [1.29, 1.82) is 5.26 Å². The lowest BCUT2D eigenvalue weighted by Crippen LogP contribution is -2.44. The number of hydrogen-bond acceptors (Lipinski definition) is 5. The summed E-state index contributed by atoms with van der Waals surface area (Å²) in [6.07, 6.45) is -1.15. The number of nitrogens with zero attached hydrogens (tertiary/aromatic N) is 1. The van der Waals surface area contributed by atoms with Gasteiger partial charge in [-0.3, -0.25) is 0 Å². The highest BCUT2D eigenvalue weighted by Gasteiger charge is 2.30. The fraction of sp³-hybridized carbons (Fsp3) is 0.321. The summed E-state index contributed by atoms with van der Waals surface area (Å²) in [5, 5.41) is 9.11. The molecular formula is C28H31NO4. The lowest BCUT2D eigenvalue weighted by molar-refractivity contribution is -0.156. The minimum atomic E-state index is -0.456. The van der Waals surface area contributed by atoms with Gasteiger partial charge >= 0.3 is 0 Å². The van der Waals surface area contributed by atoms with Crippen LogP contribution in [0.25, 0.3) is 0 Å². The molecule has 0 aliphatic carbocycles. The SMILES string of the molecule is CC(OCc1ccccc1)C(OCc1ccccc1)C(COCc1ccccc1)OCC#N. The predicted molar refractivity (Wildman–Crippen MR) is 127 cm³/mol. The third-order valence-corrected chi connectivity index (χ3v) is 5.23. The standard InChI is InChI=1S/C28H31NO4/c1-23(32-20-25-13-7-3-8-14-25)28(33-21-26-15-9-4-10-16-26)27(31-18-17-29)22-30-19-24-11-5-2-6-12-24/h2-16,23,27-28H,18-22H2,1H3. The van der Waals surface area contributed by atoms with Crippen LogP contribution in [0.4, 0.5) is 0 Å². The van der Waals surface area contributed by atoms with Crippen LogP contribution in [0.1, 0.15) is 23.6 Å². The quantitative estimate of drug-likeness (QED) is 0.337. The van der Waals surface area contributed by atoms with Gasteiger partial charge in [0, 0.05) is 0 Å². The molecule has 0 bridgehead atoms. The zero-order valence-electron chi connectivity index (χ0n) is 19.0. The summed E-state index contributed by atoms with van der Waals surface area (Å²) in [5.41, 5.74) is 3.22. The minimum Gasteiger partial charge on any atom is -0.374 e. The summed E-state index contributed by atoms with van der Waals surface area (Å²) < 4.78 is 24.3. The Balaban J connectivity index is 1.67. The first kappa shape index (κ1) is 24.6. The van der Waals surface area contributed by atoms with Crippen molar-refractivity contribution in [2.75, 3.05) is 13.2 Å². The van der Waals surface area contributed by atoms with E-state index in [-0.39, 0.29) is 19.3 Å². The summed E-state index contributed by atoms with van der Waals surface area (Å²) in [5.74, 6) is 0. The second-order valence-corrected chi connectivity index (χ2v) is 7.77. The molecule has 0 heterocycles. The summed E-state index contributed by atoms with van der Waals surface area (Å²) >= 11 is 0. The molecule has 3 aromatic carbocycles. The van der Waals surface area contributed by atoms with Crippen LogP contribution < -0.4 is 0 Å². The lowest BCUT2D eigenvalue weighted by Gasteiger charge is -2.31. The Kier molecular flexibility index (Phi) is 10.6. The molecule has 0 saturated heterocycles. The van der Waals surface area contributed by atoms with Gasteiger partial charge in [0.2, 0.25) is 0 Å². The molecule has 3 rings (SSSR count). The zero-order valence-corrected chi connectivity index (χ0v) is 19.0. The van der Waals surface area contributed by atoms with Gasteiger partial charge in [-0.05, 0) is 23.6 Å². The Labute approximate surface area is 196 Å². The van der Waals surface area contributed by atoms with Crippen LogP contribution in [-0.2, 0) is 38.8 Å². The van der Waals surface area contributed by atoms with E-state index in [4.69, 9.17) is 24.2 Å². The van der Waals surface area contributed by atoms with E-state index in [1.54, 1.807) is 0 Å². The van der Waals surface area contributed by atoms with Gasteiger partial charge < -0.3 is 18.9 Å². The monoisotopic (exact) mass is 445 g/mol. The van der Waals surface area contributed by atoms with Crippen molar-refractivity contribution in [1.82, 2.24) is 0 Å². The third kappa shape index (κ3) is 8.80. The van der Waals surface area contributed by atoms with E-state index >= 15 is 0 Å². The fourth-order valence-electron chi connectivity index (χ4n) is 3.46. The van der Waals surface area contributed by atoms with Gasteiger partial charge in [-0.2, -0.15) is 5.26 Å². The normalized spacial score (nSPS) is 13.7. The zero-order chi connectivity index (χ0) is 23.1. The highest BCUT2D eigenvalue weighted by atomic mass is 16.6. The van der Waals surface area contributed by atoms with E-state index in [2.05, 4.69) is 6.07 Å². The molecule has 3 aromatic rings. The van der Waals surface area contributed by atoms with Crippen LogP contribution >= 0.6 is 0 Å². The molecular weight excluding hydrogens is 414 g/mol. The van der Waals surface area contributed by atoms with Gasteiger partial charge in [0.05, 0.1) is 38.6 Å². The maximum absolute atomic E-state index is 9.11. The predicted octanol–water partition coefficient (Wildman–Crippen LogP) is 5.30. The molecule has 0 saturated carbocycles. The second-order valence-electron chi connectivity index (χ2n) is 7.77. The maximum Gasteiger partial charge on any atom is 0.134 e. The molecule has 0 aliphatic rings. The number of ether oxygens (including phenoxy) is 4. The van der Waals surface area contributed by atoms with Gasteiger partial charge in [-0.1, -0.05) is 91.0 Å². The van der Waals surface area contributed by atoms with Crippen LogP contribution in [0.15, 0.2) is 91.0 Å². The minimum absolute atomic E-state index is 0.0457. The molecule has 172 valence electrons. The van der Waals surface area contributed by atoms with Crippen molar-refractivity contribution in [2.24, 2.45) is 0 Å². The lowest BCUT2D eigenvalue weighted by atomic mass is 10.1. The third-order valence-electron chi connectivity index (χ3n) is 5.23. The molecule has 3 atom stereocenters. The van der Waals surface area contributed by atoms with Crippen molar-refractivity contribution in [3.63, 3.8) is 0 Å². The van der Waals surface area contributed by atoms with Gasteiger partial charge in [0.1, 0.15) is 18.8 Å². The van der Waals surface area contributed by atoms with Gasteiger partial charge in [-0.15, -0.1) is 0 Å². The van der Waals surface area contributed by atoms with E-state index < -0.39 is 12.2 Å². The molecule has 0 radical (unpaired) electrons. The Morgan fingerprint density at radius 3 is 1.67 bits per heavy atom. The first-order chi connectivity index (χ1) is 16.3. The van der Waals surface area contributed by atoms with Crippen LogP contribution in [-0.4, -0.2) is 31.5 Å². The summed E-state index contributed by atoms with van der Waals surface area (Å²) in [6, 6.07) is 32.0. The summed E-state index contributed by atoms with van der Waals surface area (Å²) in [4.78, 5) is 0. The molecule has 0 spiro atoms. The first-order valence-corrected chi connectivity index (χ1v) is 11.2. The second kappa shape index (κ2) is 14.2. The number of benzene rings is 3. The molecule has 0 amide bonds. The van der Waals surface area contributed by atoms with Gasteiger partial charge in [-0.25, -0.2) is 0 Å². The Morgan fingerprint density at radius 1 is 0.667 bits per heavy atom. The van der Waals surface area contributed by atoms with Crippen molar-refractivity contribution in [2.45, 2.75) is 45.1 Å². The van der Waals surface area contributed by atoms with Crippen LogP contribution in [0.5, 0.6) is 0 Å². The molecule has 0 aromatic heterocycles. The van der Waals surface area contributed by atoms with E-state index in [1.807, 2.05) is 97.9 Å². The van der Waals surface area contributed by atoms with E-state index in [0.717, 1.165) is 16.7 Å². The van der Waals surface area contributed by atoms with Crippen molar-refractivity contribution >= 4 is 0 Å². The number of nitriles is 1. The smallest absolute Gasteiger partial charge is 0.134 e. The average molecular weight is 446 g/mol. The topological polar surface area (TPSA) is 60.7 Å². The summed E-state index contributed by atoms with van der Waals surface area (Å²) in [7, 11) is 0. The van der Waals surface area contributed by atoms with Crippen LogP contribution in [0.3, 0.4) is 0 Å². The summed E-state index contributed by atoms with van der Waals surface area (Å²) in [6.45, 7) is 3.54. The molecule has 33 heavy (non-hydrogen) atoms. The molecule has 0 aliphatic heterocycles. The van der Waals surface area contributed by atoms with Crippen molar-refractivity contribution in [3.8, 4) is 6.07 Å². The highest BCUT2D eigenvalue weighted by Crippen LogP contribution is 2.18. The van der Waals surface area contributed by atoms with Crippen molar-refractivity contribution < 1.29 is 18.9 Å². The molecule has 0 fully saturated rings. The van der Waals surface area contributed by atoms with Crippen LogP contribution in [0.2, 0.25) is 0 Å². The number of rotatable bonds is 14.